The van der Waals surface area contributed by atoms with Crippen LogP contribution in [0.1, 0.15) is 13.3 Å². The number of fused-ring (bicyclic) bond motifs is 1. The molecule has 3 heteroatoms. The van der Waals surface area contributed by atoms with Crippen molar-refractivity contribution in [3.63, 3.8) is 0 Å². The van der Waals surface area contributed by atoms with Gasteiger partial charge >= 0.3 is 0 Å². The quantitative estimate of drug-likeness (QED) is 0.470. The normalized spacial score (nSPS) is 21.5. The fraction of sp³-hybridized carbons (Fsp3) is 0.250. The van der Waals surface area contributed by atoms with Gasteiger partial charge in [0.15, 0.2) is 0 Å². The lowest BCUT2D eigenvalue weighted by atomic mass is 10.0. The summed E-state index contributed by atoms with van der Waals surface area (Å²) in [6, 6.07) is 0. The van der Waals surface area contributed by atoms with Crippen LogP contribution in [0.4, 0.5) is 0 Å². The number of hydrazine groups is 1. The molecule has 0 amide bonds. The Morgan fingerprint density at radius 1 is 1.45 bits per heavy atom. The molecule has 58 valence electrons. The molecule has 0 spiro atoms. The third-order valence-electron chi connectivity index (χ3n) is 2.02. The summed E-state index contributed by atoms with van der Waals surface area (Å²) in [5, 5.41) is 0. The van der Waals surface area contributed by atoms with Crippen LogP contribution in [0.3, 0.4) is 0 Å². The summed E-state index contributed by atoms with van der Waals surface area (Å²) < 4.78 is 0. The predicted molar refractivity (Wildman–Crippen MR) is 43.9 cm³/mol. The van der Waals surface area contributed by atoms with E-state index < -0.39 is 0 Å². The van der Waals surface area contributed by atoms with E-state index in [1.807, 2.05) is 6.08 Å². The van der Waals surface area contributed by atoms with Crippen LogP contribution in [0.2, 0.25) is 0 Å². The van der Waals surface area contributed by atoms with Crippen molar-refractivity contribution < 1.29 is 0 Å². The maximum absolute atomic E-state index is 5.67. The lowest BCUT2D eigenvalue weighted by Gasteiger charge is -2.09. The lowest BCUT2D eigenvalue weighted by molar-refractivity contribution is 0.732. The molecule has 1 aliphatic carbocycles. The minimum absolute atomic E-state index is 0.718. The third kappa shape index (κ3) is 0.808. The van der Waals surface area contributed by atoms with E-state index in [-0.39, 0.29) is 0 Å². The highest BCUT2D eigenvalue weighted by molar-refractivity contribution is 5.49. The number of allylic oxidation sites excluding steroid dienone is 3. The molecule has 3 nitrogen and oxygen atoms in total. The van der Waals surface area contributed by atoms with E-state index in [1.54, 1.807) is 0 Å². The average Bonchev–Trinajstić information content (AvgIpc) is 2.35. The Balaban J connectivity index is 2.50. The fourth-order valence-electron chi connectivity index (χ4n) is 1.36. The first-order chi connectivity index (χ1) is 5.29. The number of nitrogens with one attached hydrogen (secondary N) is 2. The molecular weight excluding hydrogens is 138 g/mol. The first-order valence-corrected chi connectivity index (χ1v) is 3.67. The topological polar surface area (TPSA) is 50.1 Å². The van der Waals surface area contributed by atoms with Gasteiger partial charge in [-0.3, -0.25) is 10.9 Å². The van der Waals surface area contributed by atoms with E-state index in [4.69, 9.17) is 5.73 Å². The molecule has 2 aliphatic rings. The van der Waals surface area contributed by atoms with Crippen LogP contribution in [0.15, 0.2) is 34.8 Å². The van der Waals surface area contributed by atoms with E-state index >= 15 is 0 Å². The van der Waals surface area contributed by atoms with Gasteiger partial charge < -0.3 is 5.73 Å². The molecule has 0 fully saturated rings. The van der Waals surface area contributed by atoms with Gasteiger partial charge in [-0.15, -0.1) is 0 Å². The smallest absolute Gasteiger partial charge is 0.124 e. The molecule has 0 bridgehead atoms. The van der Waals surface area contributed by atoms with Crippen LogP contribution in [0.25, 0.3) is 0 Å². The standard InChI is InChI=1S/C8H11N3/c1-5-3-2-4-6-7(5)10-11-8(6)9/h2,4,10-11H,3,9H2,1H3. The zero-order valence-corrected chi connectivity index (χ0v) is 6.44. The van der Waals surface area contributed by atoms with Crippen LogP contribution < -0.4 is 16.6 Å². The van der Waals surface area contributed by atoms with Crippen molar-refractivity contribution in [2.24, 2.45) is 5.73 Å². The minimum Gasteiger partial charge on any atom is -0.384 e. The Hall–Kier alpha value is -1.38. The predicted octanol–water partition coefficient (Wildman–Crippen LogP) is 0.498. The Morgan fingerprint density at radius 2 is 2.27 bits per heavy atom. The SMILES string of the molecule is CC1=C2NNC(N)=C2C=CC1. The van der Waals surface area contributed by atoms with Crippen molar-refractivity contribution in [1.29, 1.82) is 0 Å². The Labute approximate surface area is 65.6 Å². The molecule has 0 radical (unpaired) electrons. The number of hydrogen-bond donors (Lipinski definition) is 3. The molecule has 0 aromatic rings. The van der Waals surface area contributed by atoms with Gasteiger partial charge in [-0.25, -0.2) is 0 Å². The first kappa shape index (κ1) is 6.34. The van der Waals surface area contributed by atoms with Crippen LogP contribution in [0.5, 0.6) is 0 Å². The highest BCUT2D eigenvalue weighted by Gasteiger charge is 2.18. The second kappa shape index (κ2) is 2.05. The van der Waals surface area contributed by atoms with Crippen molar-refractivity contribution in [2.45, 2.75) is 13.3 Å². The van der Waals surface area contributed by atoms with Gasteiger partial charge in [0.25, 0.3) is 0 Å². The second-order valence-corrected chi connectivity index (χ2v) is 2.84. The summed E-state index contributed by atoms with van der Waals surface area (Å²) in [5.41, 5.74) is 15.2. The molecule has 2 rings (SSSR count). The van der Waals surface area contributed by atoms with Crippen molar-refractivity contribution in [3.05, 3.63) is 34.8 Å². The van der Waals surface area contributed by atoms with E-state index in [0.717, 1.165) is 23.5 Å². The van der Waals surface area contributed by atoms with Gasteiger partial charge in [-0.1, -0.05) is 12.2 Å². The largest absolute Gasteiger partial charge is 0.384 e. The Kier molecular flexibility index (Phi) is 1.18. The molecule has 0 aromatic heterocycles. The van der Waals surface area contributed by atoms with Gasteiger partial charge in [0.05, 0.1) is 5.70 Å². The Bertz CT molecular complexity index is 284. The molecule has 11 heavy (non-hydrogen) atoms. The van der Waals surface area contributed by atoms with Gasteiger partial charge in [-0.05, 0) is 18.9 Å². The van der Waals surface area contributed by atoms with Crippen molar-refractivity contribution in [3.8, 4) is 0 Å². The molecule has 1 heterocycles. The second-order valence-electron chi connectivity index (χ2n) is 2.84. The molecule has 0 atom stereocenters. The van der Waals surface area contributed by atoms with Crippen LogP contribution in [-0.2, 0) is 0 Å². The highest BCUT2D eigenvalue weighted by atomic mass is 15.4. The lowest BCUT2D eigenvalue weighted by Crippen LogP contribution is -2.26. The molecule has 0 saturated carbocycles. The summed E-state index contributed by atoms with van der Waals surface area (Å²) in [7, 11) is 0. The third-order valence-corrected chi connectivity index (χ3v) is 2.02. The molecule has 4 N–H and O–H groups in total. The van der Waals surface area contributed by atoms with Gasteiger partial charge in [0, 0.05) is 5.57 Å². The van der Waals surface area contributed by atoms with Crippen LogP contribution in [0, 0.1) is 0 Å². The van der Waals surface area contributed by atoms with E-state index in [0.29, 0.717) is 0 Å². The maximum atomic E-state index is 5.67. The summed E-state index contributed by atoms with van der Waals surface area (Å²) in [5.74, 6) is 0.718. The maximum Gasteiger partial charge on any atom is 0.124 e. The monoisotopic (exact) mass is 149 g/mol. The zero-order chi connectivity index (χ0) is 7.84. The molecule has 0 aromatic carbocycles. The van der Waals surface area contributed by atoms with Gasteiger partial charge in [0.1, 0.15) is 5.82 Å². The van der Waals surface area contributed by atoms with Crippen molar-refractivity contribution in [2.75, 3.05) is 0 Å². The van der Waals surface area contributed by atoms with Crippen LogP contribution in [-0.4, -0.2) is 0 Å². The van der Waals surface area contributed by atoms with E-state index in [2.05, 4.69) is 23.9 Å². The number of hydrogen-bond acceptors (Lipinski definition) is 3. The molecular formula is C8H11N3. The highest BCUT2D eigenvalue weighted by Crippen LogP contribution is 2.24. The summed E-state index contributed by atoms with van der Waals surface area (Å²) >= 11 is 0. The van der Waals surface area contributed by atoms with E-state index in [1.165, 1.54) is 5.57 Å². The van der Waals surface area contributed by atoms with E-state index in [9.17, 15) is 0 Å². The molecule has 1 aliphatic heterocycles. The van der Waals surface area contributed by atoms with Gasteiger partial charge in [0.2, 0.25) is 0 Å². The Morgan fingerprint density at radius 3 is 3.00 bits per heavy atom. The zero-order valence-electron chi connectivity index (χ0n) is 6.44. The number of rotatable bonds is 0. The summed E-state index contributed by atoms with van der Waals surface area (Å²) in [6.45, 7) is 2.10. The summed E-state index contributed by atoms with van der Waals surface area (Å²) in [4.78, 5) is 0. The van der Waals surface area contributed by atoms with Crippen molar-refractivity contribution in [1.82, 2.24) is 10.9 Å². The number of nitrogens with two attached hydrogens (primary N) is 1. The molecule has 0 saturated heterocycles. The molecule has 0 unspecified atom stereocenters. The van der Waals surface area contributed by atoms with Gasteiger partial charge in [-0.2, -0.15) is 0 Å². The fourth-order valence-corrected chi connectivity index (χ4v) is 1.36. The average molecular weight is 149 g/mol. The minimum atomic E-state index is 0.718. The first-order valence-electron chi connectivity index (χ1n) is 3.67. The summed E-state index contributed by atoms with van der Waals surface area (Å²) in [6.07, 6.45) is 5.18. The van der Waals surface area contributed by atoms with Crippen molar-refractivity contribution >= 4 is 0 Å². The van der Waals surface area contributed by atoms with Crippen LogP contribution >= 0.6 is 0 Å².